The molecule has 3 rings (SSSR count). The molecule has 0 unspecified atom stereocenters. The number of benzene rings is 1. The normalized spacial score (nSPS) is 27.0. The van der Waals surface area contributed by atoms with Crippen molar-refractivity contribution < 1.29 is 4.79 Å². The number of nitrogens with zero attached hydrogens (tertiary/aromatic N) is 1. The van der Waals surface area contributed by atoms with Gasteiger partial charge in [-0.2, -0.15) is 0 Å². The van der Waals surface area contributed by atoms with E-state index in [4.69, 9.17) is 0 Å². The summed E-state index contributed by atoms with van der Waals surface area (Å²) in [5.41, 5.74) is 3.65. The van der Waals surface area contributed by atoms with Gasteiger partial charge in [0.15, 0.2) is 0 Å². The molecule has 0 radical (unpaired) electrons. The summed E-state index contributed by atoms with van der Waals surface area (Å²) >= 11 is 0. The predicted octanol–water partition coefficient (Wildman–Crippen LogP) is 4.52. The molecule has 2 heteroatoms. The first-order chi connectivity index (χ1) is 10.0. The Morgan fingerprint density at radius 2 is 1.90 bits per heavy atom. The van der Waals surface area contributed by atoms with Gasteiger partial charge in [0.1, 0.15) is 0 Å². The highest BCUT2D eigenvalue weighted by Gasteiger charge is 2.44. The fourth-order valence-corrected chi connectivity index (χ4v) is 4.15. The molecule has 1 aliphatic carbocycles. The summed E-state index contributed by atoms with van der Waals surface area (Å²) in [6, 6.07) is 8.36. The molecule has 0 saturated carbocycles. The number of carbonyl (C=O) groups is 1. The first kappa shape index (κ1) is 14.4. The average molecular weight is 283 g/mol. The average Bonchev–Trinajstić information content (AvgIpc) is 2.90. The van der Waals surface area contributed by atoms with E-state index in [1.165, 1.54) is 5.56 Å². The minimum absolute atomic E-state index is 0.195. The molecule has 0 spiro atoms. The number of hydrogen-bond acceptors (Lipinski definition) is 1. The van der Waals surface area contributed by atoms with E-state index in [1.807, 2.05) is 18.0 Å². The van der Waals surface area contributed by atoms with Crippen molar-refractivity contribution in [3.63, 3.8) is 0 Å². The van der Waals surface area contributed by atoms with Crippen molar-refractivity contribution in [3.05, 3.63) is 41.5 Å². The summed E-state index contributed by atoms with van der Waals surface area (Å²) in [6.07, 6.45) is 5.66. The van der Waals surface area contributed by atoms with Crippen LogP contribution in [0.4, 0.5) is 5.69 Å². The van der Waals surface area contributed by atoms with Crippen LogP contribution in [0.25, 0.3) is 0 Å². The Balaban J connectivity index is 2.12. The lowest BCUT2D eigenvalue weighted by Gasteiger charge is -2.28. The first-order valence-corrected chi connectivity index (χ1v) is 8.12. The number of anilines is 1. The van der Waals surface area contributed by atoms with Gasteiger partial charge in [-0.05, 0) is 48.1 Å². The summed E-state index contributed by atoms with van der Waals surface area (Å²) in [4.78, 5) is 14.8. The Bertz CT molecular complexity index is 597. The summed E-state index contributed by atoms with van der Waals surface area (Å²) in [5, 5.41) is 0. The van der Waals surface area contributed by atoms with Gasteiger partial charge in [0.25, 0.3) is 5.91 Å². The van der Waals surface area contributed by atoms with Crippen LogP contribution in [-0.4, -0.2) is 13.0 Å². The molecule has 21 heavy (non-hydrogen) atoms. The third-order valence-corrected chi connectivity index (χ3v) is 5.84. The van der Waals surface area contributed by atoms with Gasteiger partial charge in [-0.1, -0.05) is 45.0 Å². The molecule has 1 aromatic rings. The lowest BCUT2D eigenvalue weighted by molar-refractivity contribution is -0.115. The highest BCUT2D eigenvalue weighted by molar-refractivity contribution is 6.07. The maximum absolute atomic E-state index is 12.9. The van der Waals surface area contributed by atoms with Crippen LogP contribution in [0, 0.1) is 11.3 Å². The van der Waals surface area contributed by atoms with Gasteiger partial charge < -0.3 is 4.90 Å². The van der Waals surface area contributed by atoms with Crippen molar-refractivity contribution >= 4 is 11.6 Å². The molecule has 112 valence electrons. The molecule has 0 saturated heterocycles. The summed E-state index contributed by atoms with van der Waals surface area (Å²) in [6.45, 7) is 6.78. The van der Waals surface area contributed by atoms with Crippen LogP contribution >= 0.6 is 0 Å². The number of carbonyl (C=O) groups excluding carboxylic acids is 1. The molecule has 1 heterocycles. The summed E-state index contributed by atoms with van der Waals surface area (Å²) in [7, 11) is 1.91. The highest BCUT2D eigenvalue weighted by Crippen LogP contribution is 2.52. The van der Waals surface area contributed by atoms with Crippen LogP contribution in [0.5, 0.6) is 0 Å². The van der Waals surface area contributed by atoms with Gasteiger partial charge in [0.2, 0.25) is 0 Å². The Morgan fingerprint density at radius 3 is 2.57 bits per heavy atom. The molecule has 0 fully saturated rings. The van der Waals surface area contributed by atoms with Gasteiger partial charge in [0, 0.05) is 18.3 Å². The van der Waals surface area contributed by atoms with E-state index < -0.39 is 0 Å². The second-order valence-corrected chi connectivity index (χ2v) is 6.69. The predicted molar refractivity (Wildman–Crippen MR) is 87.5 cm³/mol. The smallest absolute Gasteiger partial charge is 0.253 e. The number of hydrogen-bond donors (Lipinski definition) is 0. The first-order valence-electron chi connectivity index (χ1n) is 8.12. The molecule has 1 aromatic carbocycles. The highest BCUT2D eigenvalue weighted by atomic mass is 16.2. The SMILES string of the molecule is CCC1(CC)C=C2C(=O)N(C)c3ccccc3[C@@H](C)[C@H]2C1. The van der Waals surface area contributed by atoms with E-state index in [0.29, 0.717) is 11.8 Å². The number of likely N-dealkylation sites (N-methyl/N-ethyl adjacent to an activating group) is 1. The Labute approximate surface area is 127 Å². The fraction of sp³-hybridized carbons (Fsp3) is 0.526. The fourth-order valence-electron chi connectivity index (χ4n) is 4.15. The van der Waals surface area contributed by atoms with Gasteiger partial charge in [-0.25, -0.2) is 0 Å². The standard InChI is InChI=1S/C19H25NO/c1-5-19(6-2)11-15-13(3)14-9-7-8-10-17(14)20(4)18(21)16(15)12-19/h7-10,12-13,15H,5-6,11H2,1-4H3/t13-,15-/m1/s1. The van der Waals surface area contributed by atoms with Crippen LogP contribution in [0.1, 0.15) is 51.5 Å². The molecule has 1 aliphatic heterocycles. The number of rotatable bonds is 2. The molecule has 2 nitrogen and oxygen atoms in total. The van der Waals surface area contributed by atoms with Crippen molar-refractivity contribution in [3.8, 4) is 0 Å². The maximum atomic E-state index is 12.9. The largest absolute Gasteiger partial charge is 0.311 e. The van der Waals surface area contributed by atoms with Crippen LogP contribution < -0.4 is 4.90 Å². The van der Waals surface area contributed by atoms with E-state index >= 15 is 0 Å². The Kier molecular flexibility index (Phi) is 3.43. The van der Waals surface area contributed by atoms with Gasteiger partial charge in [-0.15, -0.1) is 0 Å². The topological polar surface area (TPSA) is 20.3 Å². The Morgan fingerprint density at radius 1 is 1.24 bits per heavy atom. The zero-order valence-electron chi connectivity index (χ0n) is 13.5. The third-order valence-electron chi connectivity index (χ3n) is 5.84. The minimum atomic E-state index is 0.195. The minimum Gasteiger partial charge on any atom is -0.311 e. The van der Waals surface area contributed by atoms with Crippen LogP contribution in [0.2, 0.25) is 0 Å². The molecule has 0 aromatic heterocycles. The van der Waals surface area contributed by atoms with Gasteiger partial charge in [-0.3, -0.25) is 4.79 Å². The van der Waals surface area contributed by atoms with Crippen LogP contribution in [-0.2, 0) is 4.79 Å². The second kappa shape index (κ2) is 5.01. The van der Waals surface area contributed by atoms with E-state index in [0.717, 1.165) is 30.5 Å². The van der Waals surface area contributed by atoms with E-state index in [-0.39, 0.29) is 11.3 Å². The lowest BCUT2D eigenvalue weighted by atomic mass is 9.76. The van der Waals surface area contributed by atoms with Crippen LogP contribution in [0.15, 0.2) is 35.9 Å². The summed E-state index contributed by atoms with van der Waals surface area (Å²) in [5.74, 6) is 0.963. The zero-order chi connectivity index (χ0) is 15.2. The maximum Gasteiger partial charge on any atom is 0.253 e. The van der Waals surface area contributed by atoms with Crippen molar-refractivity contribution in [1.29, 1.82) is 0 Å². The molecule has 0 bridgehead atoms. The van der Waals surface area contributed by atoms with Gasteiger partial charge >= 0.3 is 0 Å². The third kappa shape index (κ3) is 2.04. The van der Waals surface area contributed by atoms with Gasteiger partial charge in [0.05, 0.1) is 0 Å². The summed E-state index contributed by atoms with van der Waals surface area (Å²) < 4.78 is 0. The Hall–Kier alpha value is -1.57. The van der Waals surface area contributed by atoms with Crippen molar-refractivity contribution in [2.24, 2.45) is 11.3 Å². The zero-order valence-corrected chi connectivity index (χ0v) is 13.5. The molecule has 0 N–H and O–H groups in total. The second-order valence-electron chi connectivity index (χ2n) is 6.69. The van der Waals surface area contributed by atoms with Crippen molar-refractivity contribution in [2.75, 3.05) is 11.9 Å². The molecule has 2 aliphatic rings. The van der Waals surface area contributed by atoms with Crippen LogP contribution in [0.3, 0.4) is 0 Å². The van der Waals surface area contributed by atoms with Crippen molar-refractivity contribution in [2.45, 2.75) is 46.0 Å². The van der Waals surface area contributed by atoms with E-state index in [1.54, 1.807) is 0 Å². The monoisotopic (exact) mass is 283 g/mol. The van der Waals surface area contributed by atoms with Crippen molar-refractivity contribution in [1.82, 2.24) is 0 Å². The number of amides is 1. The van der Waals surface area contributed by atoms with E-state index in [2.05, 4.69) is 45.0 Å². The van der Waals surface area contributed by atoms with E-state index in [9.17, 15) is 4.79 Å². The molecular weight excluding hydrogens is 258 g/mol. The number of para-hydroxylation sites is 1. The number of fused-ring (bicyclic) bond motifs is 2. The quantitative estimate of drug-likeness (QED) is 0.781. The number of allylic oxidation sites excluding steroid dienone is 1. The molecular formula is C19H25NO. The molecule has 2 atom stereocenters. The molecule has 1 amide bonds. The lowest BCUT2D eigenvalue weighted by Crippen LogP contribution is -2.27.